The molecule has 0 saturated carbocycles. The highest BCUT2D eigenvalue weighted by atomic mass is 32.2. The third-order valence-corrected chi connectivity index (χ3v) is 8.11. The molecule has 27 heavy (non-hydrogen) atoms. The van der Waals surface area contributed by atoms with Crippen molar-refractivity contribution in [3.63, 3.8) is 0 Å². The topological polar surface area (TPSA) is 60.4 Å². The molecule has 2 aromatic rings. The molecule has 1 fully saturated rings. The summed E-state index contributed by atoms with van der Waals surface area (Å²) in [6.07, 6.45) is 2.41. The molecular formula is C20H24N2O3S2. The normalized spacial score (nSPS) is 25.9. The van der Waals surface area contributed by atoms with Crippen LogP contribution < -0.4 is 0 Å². The Bertz CT molecular complexity index is 919. The maximum Gasteiger partial charge on any atom is 0.0911 e. The quantitative estimate of drug-likeness (QED) is 0.570. The zero-order valence-electron chi connectivity index (χ0n) is 15.6. The number of rotatable bonds is 2. The third-order valence-electron chi connectivity index (χ3n) is 5.62. The van der Waals surface area contributed by atoms with Gasteiger partial charge in [-0.25, -0.2) is 4.21 Å². The minimum atomic E-state index is -1.26. The second kappa shape index (κ2) is 7.22. The van der Waals surface area contributed by atoms with E-state index in [1.165, 1.54) is 0 Å². The van der Waals surface area contributed by atoms with Crippen LogP contribution in [0.2, 0.25) is 0 Å². The number of hydrogen-bond acceptors (Lipinski definition) is 4. The molecule has 2 aliphatic heterocycles. The number of nitrogens with zero attached hydrogens (tertiary/aromatic N) is 2. The summed E-state index contributed by atoms with van der Waals surface area (Å²) < 4.78 is 25.2. The number of fused-ring (bicyclic) bond motifs is 2. The Labute approximate surface area is 165 Å². The highest BCUT2D eigenvalue weighted by Gasteiger charge is 2.34. The van der Waals surface area contributed by atoms with Gasteiger partial charge in [0.1, 0.15) is 0 Å². The van der Waals surface area contributed by atoms with Crippen LogP contribution in [-0.4, -0.2) is 57.4 Å². The smallest absolute Gasteiger partial charge is 0.0911 e. The van der Waals surface area contributed by atoms with Crippen molar-refractivity contribution in [3.05, 3.63) is 58.8 Å². The highest BCUT2D eigenvalue weighted by molar-refractivity contribution is 7.85. The average Bonchev–Trinajstić information content (AvgIpc) is 2.77. The molecule has 0 N–H and O–H groups in total. The van der Waals surface area contributed by atoms with Gasteiger partial charge in [-0.3, -0.25) is 9.11 Å². The molecule has 0 spiro atoms. The summed E-state index contributed by atoms with van der Waals surface area (Å²) in [4.78, 5) is 4.73. The Hall–Kier alpha value is -1.38. The van der Waals surface area contributed by atoms with Gasteiger partial charge in [-0.15, -0.1) is 0 Å². The number of benzene rings is 2. The zero-order valence-corrected chi connectivity index (χ0v) is 17.2. The van der Waals surface area contributed by atoms with E-state index in [1.54, 1.807) is 13.3 Å². The molecule has 5 nitrogen and oxygen atoms in total. The van der Waals surface area contributed by atoms with E-state index in [-0.39, 0.29) is 10.7 Å². The van der Waals surface area contributed by atoms with Crippen molar-refractivity contribution in [2.45, 2.75) is 27.1 Å². The molecule has 2 aromatic carbocycles. The average molecular weight is 405 g/mol. The Kier molecular flexibility index (Phi) is 5.07. The monoisotopic (exact) mass is 404 g/mol. The maximum atomic E-state index is 13.3. The van der Waals surface area contributed by atoms with Crippen molar-refractivity contribution in [3.8, 4) is 0 Å². The lowest BCUT2D eigenvalue weighted by molar-refractivity contribution is -0.865. The Morgan fingerprint density at radius 3 is 2.56 bits per heavy atom. The van der Waals surface area contributed by atoms with Gasteiger partial charge in [-0.05, 0) is 41.8 Å². The number of hydrogen-bond donors (Lipinski definition) is 0. The summed E-state index contributed by atoms with van der Waals surface area (Å²) >= 11 is 0. The first kappa shape index (κ1) is 19.0. The molecule has 144 valence electrons. The molecule has 4 rings (SSSR count). The van der Waals surface area contributed by atoms with Crippen LogP contribution in [0, 0.1) is 5.21 Å². The van der Waals surface area contributed by atoms with Crippen LogP contribution in [0.1, 0.15) is 17.2 Å². The standard InChI is InChI=1S/C20H24N2O3S2/c1-22(23)11-9-21(10-12-22)18-13-15-5-3-4-6-19(15)27(25)20-8-7-16(26(2)24)14-17(18)20/h3-8,14,18H,9-13H2,1-2H3. The van der Waals surface area contributed by atoms with Crippen LogP contribution in [0.15, 0.2) is 57.2 Å². The summed E-state index contributed by atoms with van der Waals surface area (Å²) in [5.41, 5.74) is 2.07. The summed E-state index contributed by atoms with van der Waals surface area (Å²) in [5, 5.41) is 12.3. The van der Waals surface area contributed by atoms with Gasteiger partial charge in [0.05, 0.1) is 30.9 Å². The summed E-state index contributed by atoms with van der Waals surface area (Å²) in [5.74, 6) is 0. The molecule has 0 aromatic heterocycles. The fourth-order valence-electron chi connectivity index (χ4n) is 3.97. The predicted molar refractivity (Wildman–Crippen MR) is 107 cm³/mol. The lowest BCUT2D eigenvalue weighted by Gasteiger charge is -2.47. The molecule has 3 atom stereocenters. The molecule has 3 unspecified atom stereocenters. The Balaban J connectivity index is 1.82. The van der Waals surface area contributed by atoms with Crippen LogP contribution in [0.25, 0.3) is 0 Å². The van der Waals surface area contributed by atoms with E-state index in [0.29, 0.717) is 26.2 Å². The van der Waals surface area contributed by atoms with E-state index in [9.17, 15) is 13.6 Å². The molecule has 7 heteroatoms. The van der Waals surface area contributed by atoms with E-state index in [4.69, 9.17) is 0 Å². The Morgan fingerprint density at radius 1 is 1.15 bits per heavy atom. The lowest BCUT2D eigenvalue weighted by atomic mass is 9.96. The molecular weight excluding hydrogens is 380 g/mol. The minimum Gasteiger partial charge on any atom is -0.633 e. The molecule has 2 heterocycles. The maximum absolute atomic E-state index is 13.3. The minimum absolute atomic E-state index is 0.0383. The van der Waals surface area contributed by atoms with Gasteiger partial charge in [0.15, 0.2) is 0 Å². The SMILES string of the molecule is CS(=O)c1ccc2c(c1)C(N1CC[N+](C)([O-])CC1)Cc1ccccc1S2=O. The van der Waals surface area contributed by atoms with Crippen molar-refractivity contribution >= 4 is 21.6 Å². The van der Waals surface area contributed by atoms with Crippen LogP contribution in [-0.2, 0) is 28.0 Å². The second-order valence-corrected chi connectivity index (χ2v) is 10.3. The van der Waals surface area contributed by atoms with Crippen LogP contribution in [0.3, 0.4) is 0 Å². The van der Waals surface area contributed by atoms with E-state index >= 15 is 0 Å². The van der Waals surface area contributed by atoms with Crippen LogP contribution in [0.4, 0.5) is 0 Å². The number of quaternary nitrogens is 1. The van der Waals surface area contributed by atoms with Gasteiger partial charge in [0, 0.05) is 50.9 Å². The Morgan fingerprint density at radius 2 is 1.85 bits per heavy atom. The predicted octanol–water partition coefficient (Wildman–Crippen LogP) is 2.45. The van der Waals surface area contributed by atoms with Crippen LogP contribution >= 0.6 is 0 Å². The van der Waals surface area contributed by atoms with Crippen molar-refractivity contribution in [2.75, 3.05) is 39.5 Å². The van der Waals surface area contributed by atoms with Crippen molar-refractivity contribution in [1.82, 2.24) is 4.90 Å². The van der Waals surface area contributed by atoms with Gasteiger partial charge in [-0.1, -0.05) is 18.2 Å². The first-order valence-electron chi connectivity index (χ1n) is 9.12. The van der Waals surface area contributed by atoms with Crippen molar-refractivity contribution in [1.29, 1.82) is 0 Å². The van der Waals surface area contributed by atoms with E-state index in [0.717, 1.165) is 32.2 Å². The first-order valence-corrected chi connectivity index (χ1v) is 11.8. The number of piperazine rings is 1. The van der Waals surface area contributed by atoms with Crippen molar-refractivity contribution in [2.24, 2.45) is 0 Å². The van der Waals surface area contributed by atoms with E-state index in [2.05, 4.69) is 4.90 Å². The second-order valence-electron chi connectivity index (χ2n) is 7.53. The fourth-order valence-corrected chi connectivity index (χ4v) is 5.95. The van der Waals surface area contributed by atoms with Gasteiger partial charge >= 0.3 is 0 Å². The highest BCUT2D eigenvalue weighted by Crippen LogP contribution is 2.38. The van der Waals surface area contributed by atoms with Gasteiger partial charge < -0.3 is 9.85 Å². The molecule has 0 radical (unpaired) electrons. The fraction of sp³-hybridized carbons (Fsp3) is 0.400. The zero-order chi connectivity index (χ0) is 19.2. The number of hydroxylamine groups is 3. The largest absolute Gasteiger partial charge is 0.633 e. The molecule has 2 aliphatic rings. The third kappa shape index (κ3) is 3.67. The summed E-state index contributed by atoms with van der Waals surface area (Å²) in [7, 11) is -0.634. The van der Waals surface area contributed by atoms with E-state index in [1.807, 2.05) is 42.5 Å². The molecule has 0 amide bonds. The lowest BCUT2D eigenvalue weighted by Crippen LogP contribution is -2.54. The molecule has 1 saturated heterocycles. The van der Waals surface area contributed by atoms with E-state index < -0.39 is 21.6 Å². The molecule has 0 bridgehead atoms. The summed E-state index contributed by atoms with van der Waals surface area (Å²) in [6, 6.07) is 13.6. The number of likely N-dealkylation sites (N-methyl/N-ethyl adjacent to an activating group) is 1. The van der Waals surface area contributed by atoms with Gasteiger partial charge in [-0.2, -0.15) is 0 Å². The van der Waals surface area contributed by atoms with Crippen LogP contribution in [0.5, 0.6) is 0 Å². The van der Waals surface area contributed by atoms with Gasteiger partial charge in [0.2, 0.25) is 0 Å². The van der Waals surface area contributed by atoms with Gasteiger partial charge in [0.25, 0.3) is 0 Å². The summed E-state index contributed by atoms with van der Waals surface area (Å²) in [6.45, 7) is 2.52. The van der Waals surface area contributed by atoms with Crippen molar-refractivity contribution < 1.29 is 13.1 Å². The molecule has 0 aliphatic carbocycles. The first-order chi connectivity index (χ1) is 12.9.